The fourth-order valence-electron chi connectivity index (χ4n) is 2.29. The van der Waals surface area contributed by atoms with E-state index in [1.165, 1.54) is 22.9 Å². The molecule has 1 aliphatic heterocycles. The van der Waals surface area contributed by atoms with Crippen LogP contribution in [-0.2, 0) is 9.59 Å². The molecule has 0 radical (unpaired) electrons. The van der Waals surface area contributed by atoms with Gasteiger partial charge in [0, 0.05) is 11.1 Å². The number of carbonyl (C=O) groups is 2. The Kier molecular flexibility index (Phi) is 4.59. The Morgan fingerprint density at radius 2 is 2.04 bits per heavy atom. The van der Waals surface area contributed by atoms with Crippen molar-refractivity contribution in [2.24, 2.45) is 5.84 Å². The average molecular weight is 341 g/mol. The quantitative estimate of drug-likeness (QED) is 0.287. The third-order valence-electron chi connectivity index (χ3n) is 3.52. The molecule has 2 amide bonds. The molecule has 0 saturated heterocycles. The second-order valence-electron chi connectivity index (χ2n) is 5.06. The van der Waals surface area contributed by atoms with Gasteiger partial charge in [0.05, 0.1) is 11.4 Å². The predicted octanol–water partition coefficient (Wildman–Crippen LogP) is 1.25. The molecule has 7 nitrogen and oxygen atoms in total. The van der Waals surface area contributed by atoms with Gasteiger partial charge in [-0.25, -0.2) is 10.9 Å². The minimum Gasteiger partial charge on any atom is -0.301 e. The van der Waals surface area contributed by atoms with E-state index in [2.05, 4.69) is 4.98 Å². The van der Waals surface area contributed by atoms with Crippen molar-refractivity contribution < 1.29 is 9.59 Å². The molecule has 0 atom stereocenters. The Balaban J connectivity index is 1.77. The lowest BCUT2D eigenvalue weighted by Crippen LogP contribution is -2.50. The van der Waals surface area contributed by atoms with Gasteiger partial charge in [-0.2, -0.15) is 0 Å². The first-order valence-electron chi connectivity index (χ1n) is 7.17. The molecule has 0 saturated carbocycles. The summed E-state index contributed by atoms with van der Waals surface area (Å²) in [5.74, 6) is 5.09. The van der Waals surface area contributed by atoms with E-state index in [-0.39, 0.29) is 29.7 Å². The summed E-state index contributed by atoms with van der Waals surface area (Å²) in [5.41, 5.74) is 0.971. The molecule has 0 spiro atoms. The van der Waals surface area contributed by atoms with E-state index < -0.39 is 5.91 Å². The number of pyridine rings is 1. The summed E-state index contributed by atoms with van der Waals surface area (Å²) >= 11 is 1.44. The number of carbonyl (C=O) groups excluding carboxylic acids is 2. The van der Waals surface area contributed by atoms with E-state index in [4.69, 9.17) is 11.3 Å². The van der Waals surface area contributed by atoms with E-state index in [0.29, 0.717) is 5.69 Å². The molecular formula is C16H15N5O2S. The third-order valence-corrected chi connectivity index (χ3v) is 4.57. The smallest absolute Gasteiger partial charge is 0.262 e. The van der Waals surface area contributed by atoms with Crippen LogP contribution in [0.15, 0.2) is 53.6 Å². The van der Waals surface area contributed by atoms with Crippen molar-refractivity contribution in [3.63, 3.8) is 0 Å². The van der Waals surface area contributed by atoms with E-state index in [1.54, 1.807) is 24.3 Å². The van der Waals surface area contributed by atoms with Crippen LogP contribution in [0.5, 0.6) is 0 Å². The van der Waals surface area contributed by atoms with Crippen LogP contribution < -0.4 is 10.7 Å². The number of hydrazine groups is 1. The van der Waals surface area contributed by atoms with Gasteiger partial charge in [-0.3, -0.25) is 20.0 Å². The molecule has 24 heavy (non-hydrogen) atoms. The number of amidine groups is 1. The van der Waals surface area contributed by atoms with Crippen molar-refractivity contribution in [2.45, 2.75) is 4.90 Å². The van der Waals surface area contributed by atoms with Gasteiger partial charge in [-0.05, 0) is 24.3 Å². The van der Waals surface area contributed by atoms with Crippen LogP contribution in [0.25, 0.3) is 0 Å². The zero-order valence-electron chi connectivity index (χ0n) is 12.7. The van der Waals surface area contributed by atoms with Gasteiger partial charge in [0.2, 0.25) is 5.91 Å². The first kappa shape index (κ1) is 16.2. The van der Waals surface area contributed by atoms with Gasteiger partial charge in [0.15, 0.2) is 5.84 Å². The number of rotatable bonds is 3. The van der Waals surface area contributed by atoms with Gasteiger partial charge < -0.3 is 4.90 Å². The number of fused-ring (bicyclic) bond motifs is 1. The molecular weight excluding hydrogens is 326 g/mol. The van der Waals surface area contributed by atoms with Gasteiger partial charge >= 0.3 is 0 Å². The fraction of sp³-hybridized carbons (Fsp3) is 0.125. The number of benzene rings is 1. The normalized spacial score (nSPS) is 13.4. The van der Waals surface area contributed by atoms with Crippen LogP contribution in [-0.4, -0.2) is 39.9 Å². The Morgan fingerprint density at radius 3 is 2.79 bits per heavy atom. The Morgan fingerprint density at radius 1 is 1.29 bits per heavy atom. The summed E-state index contributed by atoms with van der Waals surface area (Å²) in [6.07, 6.45) is 1.52. The first-order chi connectivity index (χ1) is 11.6. The standard InChI is InChI=1S/C16H15N5O2S/c17-16(11-5-3-4-8-19-11)21(18)14(22)9-20-12-6-1-2-7-13(12)24-10-15(20)23/h1-8,17H,9-10,18H2. The molecule has 1 aromatic carbocycles. The van der Waals surface area contributed by atoms with E-state index in [1.807, 2.05) is 18.2 Å². The second-order valence-corrected chi connectivity index (χ2v) is 6.08. The lowest BCUT2D eigenvalue weighted by molar-refractivity contribution is -0.128. The van der Waals surface area contributed by atoms with Gasteiger partial charge in [-0.15, -0.1) is 11.8 Å². The van der Waals surface area contributed by atoms with Crippen molar-refractivity contribution >= 4 is 35.1 Å². The molecule has 0 bridgehead atoms. The summed E-state index contributed by atoms with van der Waals surface area (Å²) in [5, 5.41) is 8.71. The highest BCUT2D eigenvalue weighted by molar-refractivity contribution is 8.00. The molecule has 3 N–H and O–H groups in total. The predicted molar refractivity (Wildman–Crippen MR) is 91.6 cm³/mol. The molecule has 0 unspecified atom stereocenters. The zero-order chi connectivity index (χ0) is 17.1. The lowest BCUT2D eigenvalue weighted by Gasteiger charge is -2.29. The number of nitrogens with zero attached hydrogens (tertiary/aromatic N) is 3. The number of anilines is 1. The molecule has 2 aromatic rings. The van der Waals surface area contributed by atoms with Crippen LogP contribution in [0.3, 0.4) is 0 Å². The summed E-state index contributed by atoms with van der Waals surface area (Å²) in [7, 11) is 0. The maximum atomic E-state index is 12.4. The maximum absolute atomic E-state index is 12.4. The molecule has 122 valence electrons. The van der Waals surface area contributed by atoms with Gasteiger partial charge in [0.1, 0.15) is 12.2 Å². The number of hydrogen-bond acceptors (Lipinski definition) is 6. The van der Waals surface area contributed by atoms with E-state index >= 15 is 0 Å². The number of nitrogens with two attached hydrogens (primary N) is 1. The minimum atomic E-state index is -0.555. The molecule has 1 aliphatic rings. The number of hydrogen-bond donors (Lipinski definition) is 2. The summed E-state index contributed by atoms with van der Waals surface area (Å²) < 4.78 is 0. The molecule has 3 rings (SSSR count). The zero-order valence-corrected chi connectivity index (χ0v) is 13.5. The van der Waals surface area contributed by atoms with Crippen LogP contribution in [0, 0.1) is 5.41 Å². The van der Waals surface area contributed by atoms with Crippen LogP contribution in [0.2, 0.25) is 0 Å². The summed E-state index contributed by atoms with van der Waals surface area (Å²) in [6, 6.07) is 12.4. The molecule has 2 heterocycles. The topological polar surface area (TPSA) is 103 Å². The van der Waals surface area contributed by atoms with E-state index in [0.717, 1.165) is 9.90 Å². The minimum absolute atomic E-state index is 0.162. The van der Waals surface area contributed by atoms with Crippen molar-refractivity contribution in [3.8, 4) is 0 Å². The number of aromatic nitrogens is 1. The first-order valence-corrected chi connectivity index (χ1v) is 8.16. The van der Waals surface area contributed by atoms with Crippen LogP contribution in [0.4, 0.5) is 5.69 Å². The third kappa shape index (κ3) is 3.15. The van der Waals surface area contributed by atoms with Gasteiger partial charge in [0.25, 0.3) is 5.91 Å². The largest absolute Gasteiger partial charge is 0.301 e. The second kappa shape index (κ2) is 6.81. The van der Waals surface area contributed by atoms with Crippen LogP contribution in [0.1, 0.15) is 5.69 Å². The highest BCUT2D eigenvalue weighted by Crippen LogP contribution is 2.34. The maximum Gasteiger partial charge on any atom is 0.262 e. The summed E-state index contributed by atoms with van der Waals surface area (Å²) in [4.78, 5) is 30.9. The van der Waals surface area contributed by atoms with Crippen LogP contribution >= 0.6 is 11.8 Å². The van der Waals surface area contributed by atoms with Crippen molar-refractivity contribution in [1.82, 2.24) is 9.99 Å². The molecule has 0 fully saturated rings. The van der Waals surface area contributed by atoms with Crippen molar-refractivity contribution in [2.75, 3.05) is 17.2 Å². The number of amides is 2. The van der Waals surface area contributed by atoms with Crippen molar-refractivity contribution in [1.29, 1.82) is 5.41 Å². The fourth-order valence-corrected chi connectivity index (χ4v) is 3.23. The highest BCUT2D eigenvalue weighted by atomic mass is 32.2. The number of nitrogens with one attached hydrogen (secondary N) is 1. The monoisotopic (exact) mass is 341 g/mol. The number of thioether (sulfide) groups is 1. The van der Waals surface area contributed by atoms with E-state index in [9.17, 15) is 9.59 Å². The Labute approximate surface area is 142 Å². The van der Waals surface area contributed by atoms with Crippen molar-refractivity contribution in [3.05, 3.63) is 54.4 Å². The Bertz CT molecular complexity index is 796. The highest BCUT2D eigenvalue weighted by Gasteiger charge is 2.28. The molecule has 1 aromatic heterocycles. The summed E-state index contributed by atoms with van der Waals surface area (Å²) in [6.45, 7) is -0.220. The van der Waals surface area contributed by atoms with Gasteiger partial charge in [-0.1, -0.05) is 18.2 Å². The molecule has 8 heteroatoms. The molecule has 0 aliphatic carbocycles. The lowest BCUT2D eigenvalue weighted by atomic mass is 10.2. The number of para-hydroxylation sites is 1. The Hall–Kier alpha value is -2.71. The SMILES string of the molecule is N=C(c1ccccn1)N(N)C(=O)CN1C(=O)CSc2ccccc21. The average Bonchev–Trinajstić information content (AvgIpc) is 2.63.